The molecular formula is C18H19ClO6S. The first-order valence-electron chi connectivity index (χ1n) is 8.33. The van der Waals surface area contributed by atoms with Gasteiger partial charge in [0.15, 0.2) is 15.6 Å². The molecule has 1 aliphatic carbocycles. The van der Waals surface area contributed by atoms with Crippen LogP contribution in [0.3, 0.4) is 0 Å². The van der Waals surface area contributed by atoms with Crippen molar-refractivity contribution in [2.75, 3.05) is 26.1 Å². The molecule has 2 aliphatic rings. The summed E-state index contributed by atoms with van der Waals surface area (Å²) < 4.78 is 34.5. The lowest BCUT2D eigenvalue weighted by molar-refractivity contribution is -0.116. The fourth-order valence-electron chi connectivity index (χ4n) is 3.25. The molecule has 0 saturated heterocycles. The lowest BCUT2D eigenvalue weighted by Crippen LogP contribution is -2.22. The number of rotatable bonds is 6. The average Bonchev–Trinajstić information content (AvgIpc) is 2.91. The Morgan fingerprint density at radius 3 is 2.69 bits per heavy atom. The van der Waals surface area contributed by atoms with Crippen LogP contribution in [0.25, 0.3) is 0 Å². The van der Waals surface area contributed by atoms with E-state index < -0.39 is 15.6 Å². The fraction of sp³-hybridized carbons (Fsp3) is 0.444. The highest BCUT2D eigenvalue weighted by molar-refractivity contribution is 7.91. The number of sulfone groups is 1. The fourth-order valence-corrected chi connectivity index (χ4v) is 5.19. The van der Waals surface area contributed by atoms with E-state index in [0.29, 0.717) is 30.8 Å². The molecule has 1 aromatic rings. The van der Waals surface area contributed by atoms with Gasteiger partial charge in [-0.3, -0.25) is 9.59 Å². The van der Waals surface area contributed by atoms with Gasteiger partial charge >= 0.3 is 0 Å². The zero-order valence-corrected chi connectivity index (χ0v) is 15.9. The molecule has 3 rings (SSSR count). The second kappa shape index (κ2) is 7.50. The van der Waals surface area contributed by atoms with Gasteiger partial charge in [0.05, 0.1) is 22.3 Å². The maximum atomic E-state index is 13.0. The Hall–Kier alpha value is -1.70. The largest absolute Gasteiger partial charge is 0.495 e. The minimum atomic E-state index is -3.35. The van der Waals surface area contributed by atoms with Gasteiger partial charge in [-0.1, -0.05) is 11.6 Å². The SMILES string of the molecule is COCCOC1=C(C(=O)c2ccc3c(c2Cl)CCS3(=O)=O)C(=O)CCC1. The molecule has 1 aromatic carbocycles. The summed E-state index contributed by atoms with van der Waals surface area (Å²) in [5.74, 6) is -0.461. The third kappa shape index (κ3) is 3.43. The van der Waals surface area contributed by atoms with Crippen molar-refractivity contribution in [1.82, 2.24) is 0 Å². The summed E-state index contributed by atoms with van der Waals surface area (Å²) in [5.41, 5.74) is 0.596. The summed E-state index contributed by atoms with van der Waals surface area (Å²) in [4.78, 5) is 25.5. The summed E-state index contributed by atoms with van der Waals surface area (Å²) in [5, 5.41) is 0.107. The van der Waals surface area contributed by atoms with Crippen LogP contribution < -0.4 is 0 Å². The number of hydrogen-bond donors (Lipinski definition) is 0. The van der Waals surface area contributed by atoms with Gasteiger partial charge in [-0.25, -0.2) is 8.42 Å². The topological polar surface area (TPSA) is 86.7 Å². The van der Waals surface area contributed by atoms with Crippen molar-refractivity contribution in [2.24, 2.45) is 0 Å². The molecule has 1 heterocycles. The van der Waals surface area contributed by atoms with Crippen molar-refractivity contribution in [3.05, 3.63) is 39.6 Å². The van der Waals surface area contributed by atoms with E-state index in [1.54, 1.807) is 0 Å². The highest BCUT2D eigenvalue weighted by Gasteiger charge is 2.34. The first-order chi connectivity index (χ1) is 12.4. The summed E-state index contributed by atoms with van der Waals surface area (Å²) in [7, 11) is -1.81. The Labute approximate surface area is 157 Å². The van der Waals surface area contributed by atoms with Crippen LogP contribution in [0.4, 0.5) is 0 Å². The molecule has 0 spiro atoms. The van der Waals surface area contributed by atoms with E-state index in [1.807, 2.05) is 0 Å². The van der Waals surface area contributed by atoms with Crippen molar-refractivity contribution in [1.29, 1.82) is 0 Å². The number of halogens is 1. The highest BCUT2D eigenvalue weighted by Crippen LogP contribution is 2.36. The van der Waals surface area contributed by atoms with Crippen molar-refractivity contribution in [3.63, 3.8) is 0 Å². The molecule has 8 heteroatoms. The number of hydrogen-bond acceptors (Lipinski definition) is 6. The van der Waals surface area contributed by atoms with Crippen LogP contribution in [0, 0.1) is 0 Å². The van der Waals surface area contributed by atoms with Crippen LogP contribution in [0.15, 0.2) is 28.4 Å². The number of carbonyl (C=O) groups excluding carboxylic acids is 2. The van der Waals surface area contributed by atoms with E-state index in [-0.39, 0.29) is 52.0 Å². The molecule has 6 nitrogen and oxygen atoms in total. The molecular weight excluding hydrogens is 380 g/mol. The predicted molar refractivity (Wildman–Crippen MR) is 95.3 cm³/mol. The molecule has 0 amide bonds. The standard InChI is InChI=1S/C18H19ClO6S/c1-24-8-9-25-14-4-2-3-13(20)16(14)18(21)12-5-6-15-11(17(12)19)7-10-26(15,22)23/h5-6H,2-4,7-10H2,1H3. The molecule has 0 bridgehead atoms. The Kier molecular flexibility index (Phi) is 5.50. The molecule has 0 atom stereocenters. The zero-order chi connectivity index (χ0) is 18.9. The molecule has 26 heavy (non-hydrogen) atoms. The summed E-state index contributed by atoms with van der Waals surface area (Å²) in [6, 6.07) is 2.78. The van der Waals surface area contributed by atoms with Gasteiger partial charge in [-0.15, -0.1) is 0 Å². The van der Waals surface area contributed by atoms with Crippen LogP contribution >= 0.6 is 11.6 Å². The summed E-state index contributed by atoms with van der Waals surface area (Å²) in [6.45, 7) is 0.586. The first-order valence-corrected chi connectivity index (χ1v) is 10.4. The van der Waals surface area contributed by atoms with Crippen molar-refractivity contribution in [2.45, 2.75) is 30.6 Å². The van der Waals surface area contributed by atoms with Crippen molar-refractivity contribution >= 4 is 33.0 Å². The quantitative estimate of drug-likeness (QED) is 0.415. The summed E-state index contributed by atoms with van der Waals surface area (Å²) >= 11 is 6.34. The first kappa shape index (κ1) is 19.1. The number of Topliss-reactive ketones (excluding diaryl/α,β-unsaturated/α-hetero) is 2. The predicted octanol–water partition coefficient (Wildman–Crippen LogP) is 2.52. The maximum Gasteiger partial charge on any atom is 0.201 e. The smallest absolute Gasteiger partial charge is 0.201 e. The number of allylic oxidation sites excluding steroid dienone is 2. The van der Waals surface area contributed by atoms with E-state index in [1.165, 1.54) is 19.2 Å². The Morgan fingerprint density at radius 1 is 1.19 bits per heavy atom. The van der Waals surface area contributed by atoms with Crippen LogP contribution in [-0.4, -0.2) is 46.1 Å². The molecule has 0 saturated carbocycles. The zero-order valence-electron chi connectivity index (χ0n) is 14.3. The van der Waals surface area contributed by atoms with Crippen LogP contribution in [0.5, 0.6) is 0 Å². The van der Waals surface area contributed by atoms with Crippen LogP contribution in [-0.2, 0) is 30.5 Å². The molecule has 0 aromatic heterocycles. The van der Waals surface area contributed by atoms with Gasteiger partial charge in [0, 0.05) is 25.5 Å². The molecule has 140 valence electrons. The lowest BCUT2D eigenvalue weighted by atomic mass is 9.89. The van der Waals surface area contributed by atoms with Gasteiger partial charge in [0.1, 0.15) is 17.9 Å². The number of benzene rings is 1. The van der Waals surface area contributed by atoms with Gasteiger partial charge in [0.25, 0.3) is 0 Å². The second-order valence-corrected chi connectivity index (χ2v) is 8.67. The Balaban J connectivity index is 2.01. The van der Waals surface area contributed by atoms with E-state index in [9.17, 15) is 18.0 Å². The third-order valence-corrected chi connectivity index (χ3v) is 6.78. The minimum Gasteiger partial charge on any atom is -0.495 e. The van der Waals surface area contributed by atoms with Gasteiger partial charge in [0.2, 0.25) is 5.78 Å². The van der Waals surface area contributed by atoms with Gasteiger partial charge in [-0.2, -0.15) is 0 Å². The van der Waals surface area contributed by atoms with E-state index in [0.717, 1.165) is 0 Å². The van der Waals surface area contributed by atoms with Gasteiger partial charge in [-0.05, 0) is 30.5 Å². The summed E-state index contributed by atoms with van der Waals surface area (Å²) in [6.07, 6.45) is 1.65. The third-order valence-electron chi connectivity index (χ3n) is 4.56. The normalized spacial score (nSPS) is 18.8. The number of fused-ring (bicyclic) bond motifs is 1. The lowest BCUT2D eigenvalue weighted by Gasteiger charge is -2.20. The van der Waals surface area contributed by atoms with Gasteiger partial charge < -0.3 is 9.47 Å². The molecule has 0 fully saturated rings. The van der Waals surface area contributed by atoms with E-state index in [2.05, 4.69) is 0 Å². The van der Waals surface area contributed by atoms with Crippen molar-refractivity contribution in [3.8, 4) is 0 Å². The molecule has 1 aliphatic heterocycles. The Morgan fingerprint density at radius 2 is 1.96 bits per heavy atom. The van der Waals surface area contributed by atoms with Crippen LogP contribution in [0.2, 0.25) is 5.02 Å². The molecule has 0 radical (unpaired) electrons. The van der Waals surface area contributed by atoms with E-state index >= 15 is 0 Å². The average molecular weight is 399 g/mol. The molecule has 0 unspecified atom stereocenters. The Bertz CT molecular complexity index is 901. The number of carbonyl (C=O) groups is 2. The van der Waals surface area contributed by atoms with E-state index in [4.69, 9.17) is 21.1 Å². The maximum absolute atomic E-state index is 13.0. The van der Waals surface area contributed by atoms with Crippen LogP contribution in [0.1, 0.15) is 35.2 Å². The minimum absolute atomic E-state index is 0.00931. The number of ketones is 2. The second-order valence-electron chi connectivity index (χ2n) is 6.22. The monoisotopic (exact) mass is 398 g/mol. The highest BCUT2D eigenvalue weighted by atomic mass is 35.5. The molecule has 0 N–H and O–H groups in total. The number of ether oxygens (including phenoxy) is 2. The number of methoxy groups -OCH3 is 1. The van der Waals surface area contributed by atoms with Crippen molar-refractivity contribution < 1.29 is 27.5 Å².